The molecule has 0 unspecified atom stereocenters. The number of aromatic nitrogens is 3. The van der Waals surface area contributed by atoms with Gasteiger partial charge < -0.3 is 10.6 Å². The highest BCUT2D eigenvalue weighted by Gasteiger charge is 2.03. The van der Waals surface area contributed by atoms with Crippen LogP contribution in [0.1, 0.15) is 22.6 Å². The van der Waals surface area contributed by atoms with E-state index in [1.807, 2.05) is 31.2 Å². The minimum Gasteiger partial charge on any atom is -0.366 e. The molecule has 3 aromatic rings. The number of rotatable bonds is 6. The molecule has 3 rings (SSSR count). The Morgan fingerprint density at radius 3 is 2.21 bits per heavy atom. The molecule has 5 heteroatoms. The topological polar surface area (TPSA) is 62.7 Å². The number of anilines is 2. The number of pyridine rings is 1. The van der Waals surface area contributed by atoms with E-state index in [4.69, 9.17) is 0 Å². The van der Waals surface area contributed by atoms with Gasteiger partial charge in [0.1, 0.15) is 17.5 Å². The van der Waals surface area contributed by atoms with E-state index in [2.05, 4.69) is 56.8 Å². The molecule has 24 heavy (non-hydrogen) atoms. The van der Waals surface area contributed by atoms with E-state index in [0.717, 1.165) is 29.7 Å². The van der Waals surface area contributed by atoms with Crippen LogP contribution >= 0.6 is 0 Å². The fraction of sp³-hybridized carbons (Fsp3) is 0.211. The minimum atomic E-state index is 0.634. The van der Waals surface area contributed by atoms with Gasteiger partial charge in [-0.25, -0.2) is 9.97 Å². The molecule has 0 aliphatic heterocycles. The molecule has 2 heterocycles. The molecule has 0 aliphatic rings. The number of hydrogen-bond donors (Lipinski definition) is 2. The first-order valence-electron chi connectivity index (χ1n) is 7.98. The number of hydrogen-bond acceptors (Lipinski definition) is 5. The van der Waals surface area contributed by atoms with Gasteiger partial charge >= 0.3 is 0 Å². The van der Waals surface area contributed by atoms with Crippen molar-refractivity contribution in [2.75, 3.05) is 10.6 Å². The molecule has 0 bridgehead atoms. The number of benzene rings is 1. The lowest BCUT2D eigenvalue weighted by Gasteiger charge is -2.10. The van der Waals surface area contributed by atoms with Crippen molar-refractivity contribution < 1.29 is 0 Å². The summed E-state index contributed by atoms with van der Waals surface area (Å²) in [7, 11) is 0. The summed E-state index contributed by atoms with van der Waals surface area (Å²) in [4.78, 5) is 13.2. The van der Waals surface area contributed by atoms with Crippen molar-refractivity contribution in [2.24, 2.45) is 0 Å². The zero-order valence-corrected chi connectivity index (χ0v) is 14.0. The van der Waals surface area contributed by atoms with Gasteiger partial charge in [-0.1, -0.05) is 35.9 Å². The van der Waals surface area contributed by atoms with Crippen LogP contribution in [0.15, 0.2) is 54.7 Å². The molecule has 0 saturated heterocycles. The summed E-state index contributed by atoms with van der Waals surface area (Å²) in [6, 6.07) is 16.3. The summed E-state index contributed by atoms with van der Waals surface area (Å²) in [5.74, 6) is 2.33. The van der Waals surface area contributed by atoms with Gasteiger partial charge in [-0.3, -0.25) is 4.98 Å². The van der Waals surface area contributed by atoms with Crippen LogP contribution in [-0.4, -0.2) is 15.0 Å². The van der Waals surface area contributed by atoms with E-state index < -0.39 is 0 Å². The van der Waals surface area contributed by atoms with Crippen LogP contribution in [0.3, 0.4) is 0 Å². The lowest BCUT2D eigenvalue weighted by Crippen LogP contribution is -2.07. The van der Waals surface area contributed by atoms with Crippen molar-refractivity contribution in [3.05, 3.63) is 77.4 Å². The molecule has 0 atom stereocenters. The van der Waals surface area contributed by atoms with Crippen LogP contribution in [0, 0.1) is 13.8 Å². The smallest absolute Gasteiger partial charge is 0.132 e. The van der Waals surface area contributed by atoms with Gasteiger partial charge in [0.25, 0.3) is 0 Å². The average molecular weight is 319 g/mol. The van der Waals surface area contributed by atoms with Gasteiger partial charge in [0.2, 0.25) is 0 Å². The van der Waals surface area contributed by atoms with Crippen LogP contribution in [0.4, 0.5) is 11.6 Å². The lowest BCUT2D eigenvalue weighted by molar-refractivity contribution is 0.985. The lowest BCUT2D eigenvalue weighted by atomic mass is 10.1. The molecular weight excluding hydrogens is 298 g/mol. The van der Waals surface area contributed by atoms with Crippen molar-refractivity contribution in [3.8, 4) is 0 Å². The van der Waals surface area contributed by atoms with E-state index in [1.165, 1.54) is 11.1 Å². The molecular formula is C19H21N5. The van der Waals surface area contributed by atoms with Gasteiger partial charge in [0.15, 0.2) is 0 Å². The molecule has 5 nitrogen and oxygen atoms in total. The second-order valence-electron chi connectivity index (χ2n) is 5.70. The second kappa shape index (κ2) is 7.55. The third kappa shape index (κ3) is 4.52. The van der Waals surface area contributed by atoms with E-state index >= 15 is 0 Å². The number of aryl methyl sites for hydroxylation is 2. The third-order valence-corrected chi connectivity index (χ3v) is 3.61. The highest BCUT2D eigenvalue weighted by atomic mass is 15.1. The molecule has 0 saturated carbocycles. The SMILES string of the molecule is Cc1ccc(CNc2cc(NCc3ccccn3)nc(C)n2)cc1. The van der Waals surface area contributed by atoms with Crippen molar-refractivity contribution in [1.82, 2.24) is 15.0 Å². The highest BCUT2D eigenvalue weighted by molar-refractivity contribution is 5.48. The van der Waals surface area contributed by atoms with Crippen LogP contribution < -0.4 is 10.6 Å². The standard InChI is InChI=1S/C19H21N5/c1-14-6-8-16(9-7-14)12-21-18-11-19(24-15(2)23-18)22-13-17-5-3-4-10-20-17/h3-11H,12-13H2,1-2H3,(H2,21,22,23,24). The molecule has 122 valence electrons. The Bertz CT molecular complexity index is 785. The third-order valence-electron chi connectivity index (χ3n) is 3.61. The van der Waals surface area contributed by atoms with Crippen molar-refractivity contribution >= 4 is 11.6 Å². The molecule has 0 spiro atoms. The van der Waals surface area contributed by atoms with E-state index in [-0.39, 0.29) is 0 Å². The Kier molecular flexibility index (Phi) is 5.01. The first-order valence-corrected chi connectivity index (χ1v) is 7.98. The molecule has 0 radical (unpaired) electrons. The molecule has 2 aromatic heterocycles. The summed E-state index contributed by atoms with van der Waals surface area (Å²) < 4.78 is 0. The zero-order valence-electron chi connectivity index (χ0n) is 14.0. The summed E-state index contributed by atoms with van der Waals surface area (Å²) in [6.45, 7) is 5.35. The maximum absolute atomic E-state index is 4.44. The van der Waals surface area contributed by atoms with Crippen molar-refractivity contribution in [2.45, 2.75) is 26.9 Å². The fourth-order valence-electron chi connectivity index (χ4n) is 2.33. The van der Waals surface area contributed by atoms with Crippen LogP contribution in [0.25, 0.3) is 0 Å². The average Bonchev–Trinajstić information content (AvgIpc) is 2.60. The van der Waals surface area contributed by atoms with Crippen molar-refractivity contribution in [3.63, 3.8) is 0 Å². The van der Waals surface area contributed by atoms with Gasteiger partial charge in [0, 0.05) is 18.8 Å². The summed E-state index contributed by atoms with van der Waals surface area (Å²) >= 11 is 0. The first-order chi connectivity index (χ1) is 11.7. The van der Waals surface area contributed by atoms with Crippen LogP contribution in [0.5, 0.6) is 0 Å². The molecule has 0 fully saturated rings. The fourth-order valence-corrected chi connectivity index (χ4v) is 2.33. The quantitative estimate of drug-likeness (QED) is 0.725. The minimum absolute atomic E-state index is 0.634. The Hall–Kier alpha value is -2.95. The van der Waals surface area contributed by atoms with E-state index in [1.54, 1.807) is 6.20 Å². The summed E-state index contributed by atoms with van der Waals surface area (Å²) in [5, 5.41) is 6.65. The molecule has 0 aliphatic carbocycles. The van der Waals surface area contributed by atoms with Gasteiger partial charge in [-0.2, -0.15) is 0 Å². The number of nitrogens with one attached hydrogen (secondary N) is 2. The van der Waals surface area contributed by atoms with Gasteiger partial charge in [-0.05, 0) is 31.5 Å². The maximum atomic E-state index is 4.44. The monoisotopic (exact) mass is 319 g/mol. The second-order valence-corrected chi connectivity index (χ2v) is 5.70. The number of nitrogens with zero attached hydrogens (tertiary/aromatic N) is 3. The largest absolute Gasteiger partial charge is 0.366 e. The Labute approximate surface area is 142 Å². The Morgan fingerprint density at radius 1 is 0.833 bits per heavy atom. The Morgan fingerprint density at radius 2 is 1.54 bits per heavy atom. The molecule has 1 aromatic carbocycles. The van der Waals surface area contributed by atoms with Gasteiger partial charge in [-0.15, -0.1) is 0 Å². The summed E-state index contributed by atoms with van der Waals surface area (Å²) in [5.41, 5.74) is 3.46. The predicted octanol–water partition coefficient (Wildman–Crippen LogP) is 3.71. The Balaban J connectivity index is 1.63. The van der Waals surface area contributed by atoms with Crippen LogP contribution in [-0.2, 0) is 13.1 Å². The van der Waals surface area contributed by atoms with E-state index in [9.17, 15) is 0 Å². The van der Waals surface area contributed by atoms with Crippen molar-refractivity contribution in [1.29, 1.82) is 0 Å². The summed E-state index contributed by atoms with van der Waals surface area (Å²) in [6.07, 6.45) is 1.79. The van der Waals surface area contributed by atoms with Crippen LogP contribution in [0.2, 0.25) is 0 Å². The normalized spacial score (nSPS) is 10.4. The molecule has 0 amide bonds. The van der Waals surface area contributed by atoms with E-state index in [0.29, 0.717) is 6.54 Å². The van der Waals surface area contributed by atoms with Gasteiger partial charge in [0.05, 0.1) is 12.2 Å². The first kappa shape index (κ1) is 15.9. The predicted molar refractivity (Wildman–Crippen MR) is 96.8 cm³/mol. The highest BCUT2D eigenvalue weighted by Crippen LogP contribution is 2.13. The zero-order chi connectivity index (χ0) is 16.8. The molecule has 2 N–H and O–H groups in total. The maximum Gasteiger partial charge on any atom is 0.132 e.